The highest BCUT2D eigenvalue weighted by Gasteiger charge is 2.19. The highest BCUT2D eigenvalue weighted by Crippen LogP contribution is 2.04. The minimum absolute atomic E-state index is 0.185. The lowest BCUT2D eigenvalue weighted by atomic mass is 10.2. The predicted octanol–water partition coefficient (Wildman–Crippen LogP) is 0.809. The zero-order chi connectivity index (χ0) is 13.7. The molecule has 0 unspecified atom stereocenters. The molecule has 102 valence electrons. The maximum atomic E-state index is 13.0. The number of hydrogen-bond acceptors (Lipinski definition) is 2. The SMILES string of the molecule is O=CN1CCN(C(=O)NCc2cccc(F)c2)CC1. The van der Waals surface area contributed by atoms with Gasteiger partial charge in [-0.15, -0.1) is 0 Å². The number of amides is 3. The van der Waals surface area contributed by atoms with Gasteiger partial charge in [-0.3, -0.25) is 4.79 Å². The van der Waals surface area contributed by atoms with Crippen molar-refractivity contribution in [1.29, 1.82) is 0 Å². The molecule has 0 atom stereocenters. The third-order valence-corrected chi connectivity index (χ3v) is 3.08. The topological polar surface area (TPSA) is 52.7 Å². The highest BCUT2D eigenvalue weighted by atomic mass is 19.1. The minimum Gasteiger partial charge on any atom is -0.342 e. The lowest BCUT2D eigenvalue weighted by molar-refractivity contribution is -0.119. The molecular weight excluding hydrogens is 249 g/mol. The Labute approximate surface area is 111 Å². The summed E-state index contributed by atoms with van der Waals surface area (Å²) >= 11 is 0. The van der Waals surface area contributed by atoms with Crippen molar-refractivity contribution >= 4 is 12.4 Å². The van der Waals surface area contributed by atoms with Gasteiger partial charge in [0.15, 0.2) is 0 Å². The van der Waals surface area contributed by atoms with Crippen molar-refractivity contribution in [3.8, 4) is 0 Å². The molecule has 2 rings (SSSR count). The van der Waals surface area contributed by atoms with Crippen LogP contribution in [0.5, 0.6) is 0 Å². The molecule has 19 heavy (non-hydrogen) atoms. The third-order valence-electron chi connectivity index (χ3n) is 3.08. The largest absolute Gasteiger partial charge is 0.342 e. The Kier molecular flexibility index (Phi) is 4.33. The number of rotatable bonds is 3. The van der Waals surface area contributed by atoms with Gasteiger partial charge in [0.25, 0.3) is 0 Å². The summed E-state index contributed by atoms with van der Waals surface area (Å²) < 4.78 is 13.0. The number of carbonyl (C=O) groups is 2. The van der Waals surface area contributed by atoms with Gasteiger partial charge in [0.05, 0.1) is 0 Å². The molecule has 0 radical (unpaired) electrons. The van der Waals surface area contributed by atoms with Crippen LogP contribution in [-0.4, -0.2) is 48.4 Å². The second kappa shape index (κ2) is 6.17. The van der Waals surface area contributed by atoms with Gasteiger partial charge in [-0.25, -0.2) is 9.18 Å². The third kappa shape index (κ3) is 3.67. The summed E-state index contributed by atoms with van der Waals surface area (Å²) in [5.41, 5.74) is 0.722. The van der Waals surface area contributed by atoms with E-state index in [1.54, 1.807) is 21.9 Å². The number of hydrogen-bond donors (Lipinski definition) is 1. The van der Waals surface area contributed by atoms with Crippen LogP contribution in [0.3, 0.4) is 0 Å². The van der Waals surface area contributed by atoms with Crippen LogP contribution in [0.4, 0.5) is 9.18 Å². The van der Waals surface area contributed by atoms with Crippen molar-refractivity contribution in [1.82, 2.24) is 15.1 Å². The monoisotopic (exact) mass is 265 g/mol. The number of urea groups is 1. The van der Waals surface area contributed by atoms with Crippen LogP contribution in [0.1, 0.15) is 5.56 Å². The highest BCUT2D eigenvalue weighted by molar-refractivity contribution is 5.74. The fourth-order valence-electron chi connectivity index (χ4n) is 1.97. The average Bonchev–Trinajstić information content (AvgIpc) is 2.45. The normalized spacial score (nSPS) is 15.2. The fraction of sp³-hybridized carbons (Fsp3) is 0.385. The second-order valence-electron chi connectivity index (χ2n) is 4.42. The van der Waals surface area contributed by atoms with Crippen LogP contribution in [0.15, 0.2) is 24.3 Å². The number of nitrogens with zero attached hydrogens (tertiary/aromatic N) is 2. The lowest BCUT2D eigenvalue weighted by Gasteiger charge is -2.32. The zero-order valence-electron chi connectivity index (χ0n) is 10.5. The molecule has 0 saturated carbocycles. The molecule has 1 fully saturated rings. The van der Waals surface area contributed by atoms with Gasteiger partial charge in [-0.2, -0.15) is 0 Å². The minimum atomic E-state index is -0.314. The molecule has 1 saturated heterocycles. The molecule has 6 heteroatoms. The number of benzene rings is 1. The molecule has 0 spiro atoms. The lowest BCUT2D eigenvalue weighted by Crippen LogP contribution is -2.51. The van der Waals surface area contributed by atoms with Crippen LogP contribution in [0.25, 0.3) is 0 Å². The first kappa shape index (κ1) is 13.3. The summed E-state index contributed by atoms with van der Waals surface area (Å²) in [5.74, 6) is -0.314. The maximum Gasteiger partial charge on any atom is 0.317 e. The zero-order valence-corrected chi connectivity index (χ0v) is 10.5. The van der Waals surface area contributed by atoms with Gasteiger partial charge in [0, 0.05) is 32.7 Å². The molecule has 0 aliphatic carbocycles. The average molecular weight is 265 g/mol. The molecule has 1 aliphatic rings. The van der Waals surface area contributed by atoms with Gasteiger partial charge < -0.3 is 15.1 Å². The van der Waals surface area contributed by atoms with Gasteiger partial charge in [0.1, 0.15) is 5.82 Å². The standard InChI is InChI=1S/C13H16FN3O2/c14-12-3-1-2-11(8-12)9-15-13(19)17-6-4-16(10-18)5-7-17/h1-3,8,10H,4-7,9H2,(H,15,19). The first-order valence-electron chi connectivity index (χ1n) is 6.15. The summed E-state index contributed by atoms with van der Waals surface area (Å²) in [4.78, 5) is 25.7. The fourth-order valence-corrected chi connectivity index (χ4v) is 1.97. The van der Waals surface area contributed by atoms with Crippen LogP contribution in [0, 0.1) is 5.82 Å². The van der Waals surface area contributed by atoms with E-state index in [0.717, 1.165) is 12.0 Å². The molecule has 1 heterocycles. The van der Waals surface area contributed by atoms with Crippen LogP contribution in [-0.2, 0) is 11.3 Å². The van der Waals surface area contributed by atoms with Crippen molar-refractivity contribution in [2.45, 2.75) is 6.54 Å². The summed E-state index contributed by atoms with van der Waals surface area (Å²) in [6.07, 6.45) is 0.794. The summed E-state index contributed by atoms with van der Waals surface area (Å²) in [6, 6.07) is 5.94. The summed E-state index contributed by atoms with van der Waals surface area (Å²) in [7, 11) is 0. The van der Waals surface area contributed by atoms with Crippen LogP contribution < -0.4 is 5.32 Å². The Morgan fingerprint density at radius 3 is 2.68 bits per heavy atom. The maximum absolute atomic E-state index is 13.0. The molecule has 1 aromatic carbocycles. The van der Waals surface area contributed by atoms with Crippen molar-refractivity contribution in [3.05, 3.63) is 35.6 Å². The van der Waals surface area contributed by atoms with Crippen molar-refractivity contribution in [3.63, 3.8) is 0 Å². The molecule has 1 N–H and O–H groups in total. The van der Waals surface area contributed by atoms with Gasteiger partial charge in [0.2, 0.25) is 6.41 Å². The molecular formula is C13H16FN3O2. The Morgan fingerprint density at radius 1 is 1.32 bits per heavy atom. The van der Waals surface area contributed by atoms with Gasteiger partial charge in [-0.1, -0.05) is 12.1 Å². The molecule has 1 aromatic rings. The van der Waals surface area contributed by atoms with E-state index in [4.69, 9.17) is 0 Å². The van der Waals surface area contributed by atoms with Crippen LogP contribution in [0.2, 0.25) is 0 Å². The molecule has 5 nitrogen and oxygen atoms in total. The number of piperazine rings is 1. The summed E-state index contributed by atoms with van der Waals surface area (Å²) in [6.45, 7) is 2.44. The Balaban J connectivity index is 1.80. The Morgan fingerprint density at radius 2 is 2.05 bits per heavy atom. The van der Waals surface area contributed by atoms with E-state index in [9.17, 15) is 14.0 Å². The molecule has 0 aromatic heterocycles. The van der Waals surface area contributed by atoms with Crippen molar-refractivity contribution < 1.29 is 14.0 Å². The van der Waals surface area contributed by atoms with E-state index in [1.807, 2.05) is 0 Å². The first-order valence-corrected chi connectivity index (χ1v) is 6.15. The van der Waals surface area contributed by atoms with Crippen molar-refractivity contribution in [2.75, 3.05) is 26.2 Å². The molecule has 3 amide bonds. The van der Waals surface area contributed by atoms with E-state index in [-0.39, 0.29) is 11.8 Å². The van der Waals surface area contributed by atoms with E-state index in [0.29, 0.717) is 32.7 Å². The van der Waals surface area contributed by atoms with Gasteiger partial charge in [-0.05, 0) is 17.7 Å². The number of carbonyl (C=O) groups excluding carboxylic acids is 2. The Bertz CT molecular complexity index is 459. The van der Waals surface area contributed by atoms with E-state index in [2.05, 4.69) is 5.32 Å². The second-order valence-corrected chi connectivity index (χ2v) is 4.42. The summed E-state index contributed by atoms with van der Waals surface area (Å²) in [5, 5.41) is 2.74. The van der Waals surface area contributed by atoms with Crippen LogP contribution >= 0.6 is 0 Å². The van der Waals surface area contributed by atoms with E-state index >= 15 is 0 Å². The number of halogens is 1. The molecule has 0 bridgehead atoms. The van der Waals surface area contributed by atoms with Crippen molar-refractivity contribution in [2.24, 2.45) is 0 Å². The van der Waals surface area contributed by atoms with E-state index in [1.165, 1.54) is 12.1 Å². The quantitative estimate of drug-likeness (QED) is 0.822. The first-order chi connectivity index (χ1) is 9.19. The van der Waals surface area contributed by atoms with E-state index < -0.39 is 0 Å². The molecule has 1 aliphatic heterocycles. The Hall–Kier alpha value is -2.11. The van der Waals surface area contributed by atoms with Gasteiger partial charge >= 0.3 is 6.03 Å². The smallest absolute Gasteiger partial charge is 0.317 e. The predicted molar refractivity (Wildman–Crippen MR) is 67.8 cm³/mol. The number of nitrogens with one attached hydrogen (secondary N) is 1.